The molecular formula is C18H13Cl2N5OS. The summed E-state index contributed by atoms with van der Waals surface area (Å²) in [5.41, 5.74) is 2.48. The first-order valence-corrected chi connectivity index (χ1v) is 9.62. The van der Waals surface area contributed by atoms with Crippen LogP contribution in [0.25, 0.3) is 11.0 Å². The maximum absolute atomic E-state index is 12.3. The van der Waals surface area contributed by atoms with Crippen molar-refractivity contribution in [2.24, 2.45) is 0 Å². The number of carbonyl (C=O) groups excluding carboxylic acids is 1. The smallest absolute Gasteiger partial charge is 0.247 e. The van der Waals surface area contributed by atoms with Gasteiger partial charge < -0.3 is 5.32 Å². The van der Waals surface area contributed by atoms with Crippen LogP contribution >= 0.6 is 34.5 Å². The Hall–Kier alpha value is -2.48. The van der Waals surface area contributed by atoms with Crippen LogP contribution in [0.2, 0.25) is 10.0 Å². The lowest BCUT2D eigenvalue weighted by molar-refractivity contribution is -0.116. The third-order valence-electron chi connectivity index (χ3n) is 3.89. The number of nitrogens with zero attached hydrogens (tertiary/aromatic N) is 4. The van der Waals surface area contributed by atoms with Crippen molar-refractivity contribution in [2.75, 3.05) is 5.32 Å². The summed E-state index contributed by atoms with van der Waals surface area (Å²) in [6, 6.07) is 12.8. The first-order chi connectivity index (χ1) is 13.1. The number of halogens is 2. The number of amides is 1. The molecule has 2 heterocycles. The van der Waals surface area contributed by atoms with Gasteiger partial charge in [-0.1, -0.05) is 40.5 Å². The number of rotatable bonds is 5. The number of benzene rings is 2. The Morgan fingerprint density at radius 2 is 2.04 bits per heavy atom. The lowest BCUT2D eigenvalue weighted by atomic mass is 10.1. The third-order valence-corrected chi connectivity index (χ3v) is 5.40. The van der Waals surface area contributed by atoms with Gasteiger partial charge in [0.25, 0.3) is 0 Å². The van der Waals surface area contributed by atoms with Gasteiger partial charge in [0.1, 0.15) is 12.1 Å². The molecule has 0 saturated heterocycles. The molecule has 0 aliphatic rings. The van der Waals surface area contributed by atoms with Gasteiger partial charge in [-0.05, 0) is 35.9 Å². The summed E-state index contributed by atoms with van der Waals surface area (Å²) in [6.07, 6.45) is 2.32. The number of carbonyl (C=O) groups is 1. The van der Waals surface area contributed by atoms with Crippen LogP contribution in [-0.4, -0.2) is 25.9 Å². The van der Waals surface area contributed by atoms with Gasteiger partial charge in [0.2, 0.25) is 5.91 Å². The molecule has 2 aromatic heterocycles. The Morgan fingerprint density at radius 1 is 1.19 bits per heavy atom. The molecule has 0 atom stereocenters. The van der Waals surface area contributed by atoms with Crippen molar-refractivity contribution in [2.45, 2.75) is 13.0 Å². The maximum atomic E-state index is 12.3. The van der Waals surface area contributed by atoms with E-state index in [0.717, 1.165) is 21.5 Å². The van der Waals surface area contributed by atoms with Crippen LogP contribution < -0.4 is 5.32 Å². The summed E-state index contributed by atoms with van der Waals surface area (Å²) in [7, 11) is 0. The predicted molar refractivity (Wildman–Crippen MR) is 108 cm³/mol. The zero-order valence-electron chi connectivity index (χ0n) is 13.9. The molecule has 0 saturated carbocycles. The lowest BCUT2D eigenvalue weighted by Crippen LogP contribution is -2.19. The van der Waals surface area contributed by atoms with E-state index in [1.807, 2.05) is 30.3 Å². The molecule has 0 aliphatic heterocycles. The minimum absolute atomic E-state index is 0.0650. The molecule has 0 aliphatic carbocycles. The molecule has 0 radical (unpaired) electrons. The molecule has 136 valence electrons. The number of fused-ring (bicyclic) bond motifs is 1. The number of para-hydroxylation sites is 1. The number of nitrogens with one attached hydrogen (secondary N) is 1. The second-order valence-corrected chi connectivity index (χ2v) is 7.79. The topological polar surface area (TPSA) is 72.7 Å². The highest BCUT2D eigenvalue weighted by Gasteiger charge is 2.12. The quantitative estimate of drug-likeness (QED) is 0.521. The van der Waals surface area contributed by atoms with E-state index >= 15 is 0 Å². The SMILES string of the molecule is O=C(Cn1nnc2ccccc21)Nc1ncc(Cc2cc(Cl)ccc2Cl)s1. The first-order valence-electron chi connectivity index (χ1n) is 8.05. The molecule has 2 aromatic carbocycles. The van der Waals surface area contributed by atoms with Crippen molar-refractivity contribution in [3.63, 3.8) is 0 Å². The van der Waals surface area contributed by atoms with Crippen molar-refractivity contribution in [1.82, 2.24) is 20.0 Å². The van der Waals surface area contributed by atoms with Crippen LogP contribution in [0.5, 0.6) is 0 Å². The zero-order chi connectivity index (χ0) is 18.8. The van der Waals surface area contributed by atoms with E-state index in [1.54, 1.807) is 23.0 Å². The van der Waals surface area contributed by atoms with Crippen molar-refractivity contribution >= 4 is 56.6 Å². The molecule has 1 amide bonds. The fraction of sp³-hybridized carbons (Fsp3) is 0.111. The number of anilines is 1. The zero-order valence-corrected chi connectivity index (χ0v) is 16.2. The summed E-state index contributed by atoms with van der Waals surface area (Å²) in [6.45, 7) is 0.0650. The standard InChI is InChI=1S/C18H13Cl2N5OS/c19-12-5-6-14(20)11(7-12)8-13-9-21-18(27-13)22-17(26)10-25-16-4-2-1-3-15(16)23-24-25/h1-7,9H,8,10H2,(H,21,22,26). The Kier molecular flexibility index (Phi) is 5.07. The van der Waals surface area contributed by atoms with Gasteiger partial charge in [0.05, 0.1) is 5.52 Å². The van der Waals surface area contributed by atoms with Crippen molar-refractivity contribution in [3.8, 4) is 0 Å². The summed E-state index contributed by atoms with van der Waals surface area (Å²) < 4.78 is 1.56. The van der Waals surface area contributed by atoms with E-state index in [1.165, 1.54) is 11.3 Å². The Labute approximate surface area is 168 Å². The molecule has 6 nitrogen and oxygen atoms in total. The molecule has 27 heavy (non-hydrogen) atoms. The second kappa shape index (κ2) is 7.64. The summed E-state index contributed by atoms with van der Waals surface area (Å²) in [4.78, 5) is 17.6. The normalized spacial score (nSPS) is 11.0. The van der Waals surface area contributed by atoms with Crippen molar-refractivity contribution in [3.05, 3.63) is 69.1 Å². The summed E-state index contributed by atoms with van der Waals surface area (Å²) >= 11 is 13.6. The van der Waals surface area contributed by atoms with E-state index in [9.17, 15) is 4.79 Å². The van der Waals surface area contributed by atoms with Crippen LogP contribution in [0.15, 0.2) is 48.7 Å². The monoisotopic (exact) mass is 417 g/mol. The molecule has 4 aromatic rings. The van der Waals surface area contributed by atoms with Gasteiger partial charge in [-0.25, -0.2) is 9.67 Å². The largest absolute Gasteiger partial charge is 0.300 e. The van der Waals surface area contributed by atoms with Crippen LogP contribution in [0.3, 0.4) is 0 Å². The Morgan fingerprint density at radius 3 is 2.93 bits per heavy atom. The number of hydrogen-bond acceptors (Lipinski definition) is 5. The molecule has 0 bridgehead atoms. The molecule has 4 rings (SSSR count). The molecule has 0 unspecified atom stereocenters. The summed E-state index contributed by atoms with van der Waals surface area (Å²) in [5.74, 6) is -0.215. The van der Waals surface area contributed by atoms with Crippen LogP contribution in [0, 0.1) is 0 Å². The fourth-order valence-corrected chi connectivity index (χ4v) is 3.87. The van der Waals surface area contributed by atoms with Gasteiger partial charge >= 0.3 is 0 Å². The van der Waals surface area contributed by atoms with Crippen LogP contribution in [-0.2, 0) is 17.8 Å². The van der Waals surface area contributed by atoms with Gasteiger partial charge in [-0.2, -0.15) is 0 Å². The van der Waals surface area contributed by atoms with E-state index in [4.69, 9.17) is 23.2 Å². The Bertz CT molecular complexity index is 1120. The van der Waals surface area contributed by atoms with Gasteiger partial charge in [0.15, 0.2) is 5.13 Å². The Balaban J connectivity index is 1.43. The average molecular weight is 418 g/mol. The molecule has 0 fully saturated rings. The second-order valence-electron chi connectivity index (χ2n) is 5.83. The van der Waals surface area contributed by atoms with Crippen molar-refractivity contribution in [1.29, 1.82) is 0 Å². The summed E-state index contributed by atoms with van der Waals surface area (Å²) in [5, 5.41) is 12.7. The van der Waals surface area contributed by atoms with E-state index in [-0.39, 0.29) is 12.5 Å². The van der Waals surface area contributed by atoms with Gasteiger partial charge in [-0.3, -0.25) is 4.79 Å². The van der Waals surface area contributed by atoms with Gasteiger partial charge in [-0.15, -0.1) is 16.4 Å². The van der Waals surface area contributed by atoms with Gasteiger partial charge in [0, 0.05) is 27.5 Å². The molecule has 0 spiro atoms. The molecule has 9 heteroatoms. The maximum Gasteiger partial charge on any atom is 0.247 e. The highest BCUT2D eigenvalue weighted by molar-refractivity contribution is 7.15. The minimum Gasteiger partial charge on any atom is -0.300 e. The van der Waals surface area contributed by atoms with Crippen LogP contribution in [0.4, 0.5) is 5.13 Å². The number of aromatic nitrogens is 4. The van der Waals surface area contributed by atoms with E-state index in [2.05, 4.69) is 20.6 Å². The van der Waals surface area contributed by atoms with Crippen molar-refractivity contribution < 1.29 is 4.79 Å². The predicted octanol–water partition coefficient (Wildman–Crippen LogP) is 4.42. The highest BCUT2D eigenvalue weighted by atomic mass is 35.5. The number of thiazole rings is 1. The third kappa shape index (κ3) is 4.10. The molecular weight excluding hydrogens is 405 g/mol. The van der Waals surface area contributed by atoms with E-state index in [0.29, 0.717) is 21.6 Å². The number of hydrogen-bond donors (Lipinski definition) is 1. The highest BCUT2D eigenvalue weighted by Crippen LogP contribution is 2.27. The van der Waals surface area contributed by atoms with Crippen LogP contribution in [0.1, 0.15) is 10.4 Å². The first kappa shape index (κ1) is 17.9. The lowest BCUT2D eigenvalue weighted by Gasteiger charge is -2.03. The average Bonchev–Trinajstić information content (AvgIpc) is 3.25. The molecule has 1 N–H and O–H groups in total. The minimum atomic E-state index is -0.215. The fourth-order valence-electron chi connectivity index (χ4n) is 2.64. The van der Waals surface area contributed by atoms with E-state index < -0.39 is 0 Å².